The van der Waals surface area contributed by atoms with E-state index in [1.807, 2.05) is 48.5 Å². The van der Waals surface area contributed by atoms with Crippen LogP contribution in [0.2, 0.25) is 5.02 Å². The molecule has 0 radical (unpaired) electrons. The predicted octanol–water partition coefficient (Wildman–Crippen LogP) is 4.93. The Labute approximate surface area is 173 Å². The van der Waals surface area contributed by atoms with Crippen LogP contribution in [-0.4, -0.2) is 22.7 Å². The van der Waals surface area contributed by atoms with Crippen molar-refractivity contribution in [2.45, 2.75) is 25.9 Å². The lowest BCUT2D eigenvalue weighted by atomic mass is 10.0. The Morgan fingerprint density at radius 2 is 1.97 bits per heavy atom. The number of carboxylic acids is 1. The first-order chi connectivity index (χ1) is 14.1. The molecule has 2 aromatic carbocycles. The first-order valence-corrected chi connectivity index (χ1v) is 9.81. The smallest absolute Gasteiger partial charge is 0.307 e. The number of pyridine rings is 1. The minimum absolute atomic E-state index is 0.0926. The summed E-state index contributed by atoms with van der Waals surface area (Å²) in [6.07, 6.45) is 1.46. The van der Waals surface area contributed by atoms with E-state index in [4.69, 9.17) is 21.1 Å². The van der Waals surface area contributed by atoms with E-state index in [1.165, 1.54) is 0 Å². The van der Waals surface area contributed by atoms with Crippen LogP contribution in [0.1, 0.15) is 23.1 Å². The second kappa shape index (κ2) is 8.53. The van der Waals surface area contributed by atoms with E-state index in [2.05, 4.69) is 4.98 Å². The molecule has 0 saturated heterocycles. The summed E-state index contributed by atoms with van der Waals surface area (Å²) in [5.41, 5.74) is 4.40. The Morgan fingerprint density at radius 3 is 2.83 bits per heavy atom. The molecule has 0 unspecified atom stereocenters. The van der Waals surface area contributed by atoms with Gasteiger partial charge in [-0.2, -0.15) is 0 Å². The number of carboxylic acid groups (broad SMARTS) is 1. The molecule has 29 heavy (non-hydrogen) atoms. The van der Waals surface area contributed by atoms with Crippen LogP contribution in [0.5, 0.6) is 11.6 Å². The van der Waals surface area contributed by atoms with Gasteiger partial charge in [-0.15, -0.1) is 0 Å². The number of halogens is 1. The molecule has 5 nitrogen and oxygen atoms in total. The molecule has 0 aliphatic carbocycles. The fraction of sp³-hybridized carbons (Fsp3) is 0.217. The summed E-state index contributed by atoms with van der Waals surface area (Å²) in [7, 11) is 0. The molecule has 0 spiro atoms. The first-order valence-electron chi connectivity index (χ1n) is 9.43. The minimum Gasteiger partial charge on any atom is -0.493 e. The molecule has 1 aliphatic rings. The van der Waals surface area contributed by atoms with Crippen LogP contribution in [0.15, 0.2) is 54.6 Å². The van der Waals surface area contributed by atoms with Crippen molar-refractivity contribution in [3.8, 4) is 22.9 Å². The van der Waals surface area contributed by atoms with Crippen LogP contribution < -0.4 is 9.47 Å². The molecule has 1 N–H and O–H groups in total. The minimum atomic E-state index is -0.894. The van der Waals surface area contributed by atoms with Gasteiger partial charge in [-0.25, -0.2) is 4.98 Å². The molecule has 1 aliphatic heterocycles. The highest BCUT2D eigenvalue weighted by Gasteiger charge is 2.13. The van der Waals surface area contributed by atoms with E-state index >= 15 is 0 Å². The number of rotatable bonds is 2. The molecule has 0 atom stereocenters. The van der Waals surface area contributed by atoms with E-state index in [9.17, 15) is 9.90 Å². The SMILES string of the molecule is O=C(O)Cc1ccc2cc1OCCCc1cc(Cl)ccc1COc1cccc-2n1. The molecular weight excluding hydrogens is 390 g/mol. The number of aryl methyl sites for hydroxylation is 1. The predicted molar refractivity (Wildman–Crippen MR) is 111 cm³/mol. The Balaban J connectivity index is 1.73. The van der Waals surface area contributed by atoms with Gasteiger partial charge in [0, 0.05) is 22.2 Å². The Morgan fingerprint density at radius 1 is 1.07 bits per heavy atom. The molecular formula is C23H20ClNO4. The topological polar surface area (TPSA) is 68.7 Å². The maximum atomic E-state index is 11.2. The molecule has 3 aromatic rings. The number of hydrogen-bond acceptors (Lipinski definition) is 4. The number of ether oxygens (including phenoxy) is 2. The van der Waals surface area contributed by atoms with Crippen molar-refractivity contribution in [1.29, 1.82) is 0 Å². The third-order valence-electron chi connectivity index (χ3n) is 4.82. The summed E-state index contributed by atoms with van der Waals surface area (Å²) in [5.74, 6) is 0.202. The molecule has 0 amide bonds. The zero-order valence-electron chi connectivity index (χ0n) is 15.7. The highest BCUT2D eigenvalue weighted by molar-refractivity contribution is 6.30. The van der Waals surface area contributed by atoms with E-state index in [1.54, 1.807) is 6.07 Å². The highest BCUT2D eigenvalue weighted by Crippen LogP contribution is 2.29. The fourth-order valence-electron chi connectivity index (χ4n) is 3.38. The van der Waals surface area contributed by atoms with Gasteiger partial charge in [0.15, 0.2) is 0 Å². The van der Waals surface area contributed by atoms with Crippen LogP contribution in [0.4, 0.5) is 0 Å². The van der Waals surface area contributed by atoms with Crippen LogP contribution in [0.25, 0.3) is 11.3 Å². The normalized spacial score (nSPS) is 13.4. The molecule has 148 valence electrons. The van der Waals surface area contributed by atoms with Crippen LogP contribution in [-0.2, 0) is 24.2 Å². The van der Waals surface area contributed by atoms with E-state index in [0.717, 1.165) is 35.2 Å². The van der Waals surface area contributed by atoms with Crippen LogP contribution in [0.3, 0.4) is 0 Å². The second-order valence-corrected chi connectivity index (χ2v) is 7.34. The monoisotopic (exact) mass is 409 g/mol. The Hall–Kier alpha value is -3.05. The number of nitrogens with zero attached hydrogens (tertiary/aromatic N) is 1. The third-order valence-corrected chi connectivity index (χ3v) is 5.06. The molecule has 0 saturated carbocycles. The molecule has 4 rings (SSSR count). The highest BCUT2D eigenvalue weighted by atomic mass is 35.5. The second-order valence-electron chi connectivity index (χ2n) is 6.91. The average Bonchev–Trinajstić information content (AvgIpc) is 2.71. The number of aliphatic carboxylic acids is 1. The molecule has 6 heteroatoms. The molecule has 0 fully saturated rings. The van der Waals surface area contributed by atoms with Gasteiger partial charge < -0.3 is 14.6 Å². The van der Waals surface area contributed by atoms with Gasteiger partial charge in [-0.05, 0) is 48.2 Å². The lowest BCUT2D eigenvalue weighted by Gasteiger charge is -2.16. The van der Waals surface area contributed by atoms with Crippen LogP contribution in [0, 0.1) is 0 Å². The summed E-state index contributed by atoms with van der Waals surface area (Å²) >= 11 is 6.18. The van der Waals surface area contributed by atoms with Gasteiger partial charge in [0.1, 0.15) is 12.4 Å². The van der Waals surface area contributed by atoms with Gasteiger partial charge in [-0.3, -0.25) is 4.79 Å². The largest absolute Gasteiger partial charge is 0.493 e. The molecule has 4 bridgehead atoms. The van der Waals surface area contributed by atoms with Gasteiger partial charge >= 0.3 is 5.97 Å². The first kappa shape index (κ1) is 19.3. The van der Waals surface area contributed by atoms with Gasteiger partial charge in [0.25, 0.3) is 0 Å². The van der Waals surface area contributed by atoms with E-state index in [0.29, 0.717) is 35.4 Å². The zero-order valence-corrected chi connectivity index (χ0v) is 16.5. The molecule has 1 aromatic heterocycles. The quantitative estimate of drug-likeness (QED) is 0.649. The van der Waals surface area contributed by atoms with Gasteiger partial charge in [-0.1, -0.05) is 35.9 Å². The maximum Gasteiger partial charge on any atom is 0.307 e. The number of fused-ring (bicyclic) bond motifs is 6. The lowest BCUT2D eigenvalue weighted by Crippen LogP contribution is -2.08. The van der Waals surface area contributed by atoms with Crippen molar-refractivity contribution in [2.75, 3.05) is 6.61 Å². The summed E-state index contributed by atoms with van der Waals surface area (Å²) in [5, 5.41) is 9.88. The number of carbonyl (C=O) groups is 1. The Bertz CT molecular complexity index is 1050. The summed E-state index contributed by atoms with van der Waals surface area (Å²) in [6.45, 7) is 0.878. The average molecular weight is 410 g/mol. The van der Waals surface area contributed by atoms with E-state index < -0.39 is 5.97 Å². The van der Waals surface area contributed by atoms with Gasteiger partial charge in [0.2, 0.25) is 5.88 Å². The summed E-state index contributed by atoms with van der Waals surface area (Å²) < 4.78 is 11.9. The fourth-order valence-corrected chi connectivity index (χ4v) is 3.57. The Kier molecular flexibility index (Phi) is 5.67. The number of aromatic nitrogens is 1. The van der Waals surface area contributed by atoms with Crippen molar-refractivity contribution in [2.24, 2.45) is 0 Å². The van der Waals surface area contributed by atoms with Crippen molar-refractivity contribution >= 4 is 17.6 Å². The summed E-state index contributed by atoms with van der Waals surface area (Å²) in [6, 6.07) is 16.9. The maximum absolute atomic E-state index is 11.2. The molecule has 2 heterocycles. The van der Waals surface area contributed by atoms with Crippen molar-refractivity contribution < 1.29 is 19.4 Å². The van der Waals surface area contributed by atoms with E-state index in [-0.39, 0.29) is 6.42 Å². The van der Waals surface area contributed by atoms with Crippen molar-refractivity contribution in [3.05, 3.63) is 76.3 Å². The van der Waals surface area contributed by atoms with Crippen molar-refractivity contribution in [3.63, 3.8) is 0 Å². The van der Waals surface area contributed by atoms with Gasteiger partial charge in [0.05, 0.1) is 18.7 Å². The third kappa shape index (κ3) is 4.69. The van der Waals surface area contributed by atoms with Crippen LogP contribution >= 0.6 is 11.6 Å². The van der Waals surface area contributed by atoms with Crippen molar-refractivity contribution in [1.82, 2.24) is 4.98 Å². The summed E-state index contributed by atoms with van der Waals surface area (Å²) in [4.78, 5) is 15.8. The number of benzene rings is 2. The lowest BCUT2D eigenvalue weighted by molar-refractivity contribution is -0.136. The standard InChI is InChI=1S/C23H20ClNO4/c24-19-9-8-18-14-29-22-5-1-4-20(25-22)16-6-7-17(13-23(26)27)21(12-16)28-10-2-3-15(18)11-19/h1,4-9,11-12H,2-3,10,13-14H2,(H,26,27). The zero-order chi connectivity index (χ0) is 20.2. The number of hydrogen-bond donors (Lipinski definition) is 1.